The van der Waals surface area contributed by atoms with Gasteiger partial charge in [0.25, 0.3) is 5.91 Å². The average molecular weight is 683 g/mol. The predicted octanol–water partition coefficient (Wildman–Crippen LogP) is 5.70. The molecule has 0 bridgehead atoms. The van der Waals surface area contributed by atoms with Gasteiger partial charge in [0, 0.05) is 47.2 Å². The Kier molecular flexibility index (Phi) is 11.0. The van der Waals surface area contributed by atoms with Crippen LogP contribution in [0, 0.1) is 0 Å². The lowest BCUT2D eigenvalue weighted by atomic mass is 9.85. The zero-order valence-electron chi connectivity index (χ0n) is 24.7. The summed E-state index contributed by atoms with van der Waals surface area (Å²) in [5.74, 6) is -0.283. The normalized spacial score (nSPS) is 17.6. The van der Waals surface area contributed by atoms with Crippen molar-refractivity contribution in [3.63, 3.8) is 0 Å². The van der Waals surface area contributed by atoms with Gasteiger partial charge in [0.1, 0.15) is 5.75 Å². The molecular formula is C34H33Cl2N3O6S. The molecule has 0 aromatic heterocycles. The number of hydrogen-bond donors (Lipinski definition) is 3. The van der Waals surface area contributed by atoms with Crippen LogP contribution < -0.4 is 15.6 Å². The van der Waals surface area contributed by atoms with Crippen molar-refractivity contribution < 1.29 is 27.8 Å². The topological polar surface area (TPSA) is 126 Å². The number of nitrogens with one attached hydrogen (secondary N) is 2. The fraction of sp³-hybridized carbons (Fsp3) is 0.235. The van der Waals surface area contributed by atoms with E-state index in [2.05, 4.69) is 10.9 Å². The van der Waals surface area contributed by atoms with Crippen LogP contribution in [0.25, 0.3) is 0 Å². The van der Waals surface area contributed by atoms with Gasteiger partial charge in [-0.1, -0.05) is 77.8 Å². The molecule has 46 heavy (non-hydrogen) atoms. The van der Waals surface area contributed by atoms with E-state index in [4.69, 9.17) is 42.8 Å². The van der Waals surface area contributed by atoms with Crippen molar-refractivity contribution in [1.82, 2.24) is 10.9 Å². The highest BCUT2D eigenvalue weighted by Crippen LogP contribution is 2.45. The summed E-state index contributed by atoms with van der Waals surface area (Å²) in [6, 6.07) is 29.3. The van der Waals surface area contributed by atoms with E-state index >= 15 is 0 Å². The number of amides is 1. The second-order valence-electron chi connectivity index (χ2n) is 10.6. The van der Waals surface area contributed by atoms with Gasteiger partial charge in [0.2, 0.25) is 5.90 Å². The molecule has 0 saturated carbocycles. The molecule has 4 aromatic rings. The molecule has 2 atom stereocenters. The summed E-state index contributed by atoms with van der Waals surface area (Å²) in [6.45, 7) is 0.674. The van der Waals surface area contributed by atoms with Crippen LogP contribution in [0.4, 0.5) is 0 Å². The molecule has 4 aromatic carbocycles. The zero-order chi connectivity index (χ0) is 32.6. The first-order chi connectivity index (χ1) is 22.2. The van der Waals surface area contributed by atoms with Crippen molar-refractivity contribution in [1.29, 1.82) is 0 Å². The zero-order valence-corrected chi connectivity index (χ0v) is 27.1. The fourth-order valence-electron chi connectivity index (χ4n) is 5.03. The number of hydrogen-bond acceptors (Lipinski definition) is 8. The minimum atomic E-state index is -3.82. The fourth-order valence-corrected chi connectivity index (χ4v) is 6.92. The molecular weight excluding hydrogens is 649 g/mol. The van der Waals surface area contributed by atoms with Gasteiger partial charge in [-0.05, 0) is 54.1 Å². The second-order valence-corrected chi connectivity index (χ2v) is 13.6. The van der Waals surface area contributed by atoms with E-state index in [1.165, 1.54) is 18.2 Å². The Balaban J connectivity index is 1.54. The molecule has 12 heteroatoms. The maximum absolute atomic E-state index is 14.3. The number of benzene rings is 4. The van der Waals surface area contributed by atoms with E-state index in [0.29, 0.717) is 41.5 Å². The number of nitrogens with zero attached hydrogens (tertiary/aromatic N) is 1. The molecule has 0 radical (unpaired) electrons. The van der Waals surface area contributed by atoms with Gasteiger partial charge in [0.05, 0.1) is 17.3 Å². The van der Waals surface area contributed by atoms with E-state index in [9.17, 15) is 13.2 Å². The highest BCUT2D eigenvalue weighted by atomic mass is 35.5. The quantitative estimate of drug-likeness (QED) is 0.115. The maximum atomic E-state index is 14.3. The van der Waals surface area contributed by atoms with Gasteiger partial charge in [-0.15, -0.1) is 0 Å². The van der Waals surface area contributed by atoms with Gasteiger partial charge in [-0.3, -0.25) is 10.2 Å². The molecule has 1 heterocycles. The Morgan fingerprint density at radius 1 is 0.957 bits per heavy atom. The highest BCUT2D eigenvalue weighted by Gasteiger charge is 2.54. The molecule has 3 N–H and O–H groups in total. The molecule has 9 nitrogen and oxygen atoms in total. The summed E-state index contributed by atoms with van der Waals surface area (Å²) < 4.78 is 39.1. The van der Waals surface area contributed by atoms with E-state index < -0.39 is 33.1 Å². The molecule has 0 aliphatic carbocycles. The summed E-state index contributed by atoms with van der Waals surface area (Å²) >= 11 is 12.9. The molecule has 240 valence electrons. The van der Waals surface area contributed by atoms with Crippen LogP contribution in [0.1, 0.15) is 35.6 Å². The molecule has 0 spiro atoms. The van der Waals surface area contributed by atoms with E-state index in [1.54, 1.807) is 54.6 Å². The molecule has 0 saturated heterocycles. The lowest BCUT2D eigenvalue weighted by Crippen LogP contribution is -2.53. The highest BCUT2D eigenvalue weighted by molar-refractivity contribution is 7.91. The Bertz CT molecular complexity index is 1770. The largest absolute Gasteiger partial charge is 0.494 e. The first-order valence-corrected chi connectivity index (χ1v) is 17.0. The lowest BCUT2D eigenvalue weighted by molar-refractivity contribution is -0.130. The maximum Gasteiger partial charge on any atom is 0.266 e. The number of hydrazine groups is 1. The number of carbonyl (C=O) groups is 1. The van der Waals surface area contributed by atoms with E-state index in [0.717, 1.165) is 5.56 Å². The van der Waals surface area contributed by atoms with Crippen molar-refractivity contribution >= 4 is 44.8 Å². The van der Waals surface area contributed by atoms with Crippen LogP contribution >= 0.6 is 23.2 Å². The van der Waals surface area contributed by atoms with Crippen LogP contribution in [0.3, 0.4) is 0 Å². The van der Waals surface area contributed by atoms with Gasteiger partial charge in [0.15, 0.2) is 21.5 Å². The number of rotatable bonds is 14. The Hall–Kier alpha value is -3.93. The van der Waals surface area contributed by atoms with E-state index in [-0.39, 0.29) is 28.8 Å². The summed E-state index contributed by atoms with van der Waals surface area (Å²) in [7, 11) is -3.82. The van der Waals surface area contributed by atoms with Crippen molar-refractivity contribution in [3.8, 4) is 5.75 Å². The molecule has 1 aliphatic rings. The number of aliphatic imine (C=N–C) groups is 1. The third kappa shape index (κ3) is 7.89. The van der Waals surface area contributed by atoms with Crippen LogP contribution in [0.15, 0.2) is 113 Å². The number of carbonyl (C=O) groups excluding carboxylic acids is 1. The Morgan fingerprint density at radius 3 is 2.33 bits per heavy atom. The molecule has 0 unspecified atom stereocenters. The van der Waals surface area contributed by atoms with Crippen molar-refractivity contribution in [3.05, 3.63) is 130 Å². The SMILES string of the molecule is O=C(NNCc1ccccc1)[C@@]1(CCS(=O)(=O)c2ccccc2)N=C(c2ccc(OCCCO)cc2)O[C@H]1c1ccc(Cl)cc1Cl. The second kappa shape index (κ2) is 15.1. The third-order valence-electron chi connectivity index (χ3n) is 7.47. The molecule has 5 rings (SSSR count). The third-order valence-corrected chi connectivity index (χ3v) is 9.76. The van der Waals surface area contributed by atoms with Crippen LogP contribution in [-0.2, 0) is 25.9 Å². The number of aliphatic hydroxyl groups is 1. The van der Waals surface area contributed by atoms with Gasteiger partial charge >= 0.3 is 0 Å². The lowest BCUT2D eigenvalue weighted by Gasteiger charge is -2.31. The minimum Gasteiger partial charge on any atom is -0.494 e. The number of halogens is 2. The average Bonchev–Trinajstić information content (AvgIpc) is 3.46. The summed E-state index contributed by atoms with van der Waals surface area (Å²) in [5.41, 5.74) is 5.84. The van der Waals surface area contributed by atoms with Gasteiger partial charge in [-0.25, -0.2) is 18.8 Å². The minimum absolute atomic E-state index is 0.0156. The predicted molar refractivity (Wildman–Crippen MR) is 178 cm³/mol. The van der Waals surface area contributed by atoms with E-state index in [1.807, 2.05) is 30.3 Å². The number of ether oxygens (including phenoxy) is 2. The van der Waals surface area contributed by atoms with Crippen LogP contribution in [0.2, 0.25) is 10.0 Å². The smallest absolute Gasteiger partial charge is 0.266 e. The van der Waals surface area contributed by atoms with Crippen LogP contribution in [0.5, 0.6) is 5.75 Å². The summed E-state index contributed by atoms with van der Waals surface area (Å²) in [5, 5.41) is 9.67. The van der Waals surface area contributed by atoms with Crippen molar-refractivity contribution in [2.24, 2.45) is 4.99 Å². The Labute approximate surface area is 278 Å². The number of aliphatic hydroxyl groups excluding tert-OH is 1. The summed E-state index contributed by atoms with van der Waals surface area (Å²) in [6.07, 6.45) is -0.834. The molecule has 0 fully saturated rings. The standard InChI is InChI=1S/C34H33Cl2N3O6S/c35-26-14-17-29(30(36)22-26)31-34(18-21-46(42,43)28-10-5-2-6-11-28,33(41)39-37-23-24-8-3-1-4-9-24)38-32(45-31)25-12-15-27(16-13-25)44-20-7-19-40/h1-6,8-17,22,31,37,40H,7,18-21,23H2,(H,39,41)/t31-,34-/m0/s1. The Morgan fingerprint density at radius 2 is 1.65 bits per heavy atom. The molecule has 1 amide bonds. The van der Waals surface area contributed by atoms with Gasteiger partial charge < -0.3 is 14.6 Å². The van der Waals surface area contributed by atoms with Gasteiger partial charge in [-0.2, -0.15) is 0 Å². The monoisotopic (exact) mass is 681 g/mol. The molecule has 1 aliphatic heterocycles. The first kappa shape index (κ1) is 33.4. The number of sulfone groups is 1. The summed E-state index contributed by atoms with van der Waals surface area (Å²) in [4.78, 5) is 19.3. The van der Waals surface area contributed by atoms with Crippen LogP contribution in [-0.4, -0.2) is 49.8 Å². The van der Waals surface area contributed by atoms with Crippen molar-refractivity contribution in [2.75, 3.05) is 19.0 Å². The first-order valence-electron chi connectivity index (χ1n) is 14.6. The van der Waals surface area contributed by atoms with Crippen molar-refractivity contribution in [2.45, 2.75) is 35.9 Å².